The van der Waals surface area contributed by atoms with Crippen molar-refractivity contribution in [2.24, 2.45) is 0 Å². The Kier molecular flexibility index (Phi) is 11.7. The fourth-order valence-corrected chi connectivity index (χ4v) is 14.1. The number of rotatable bonds is 8. The van der Waals surface area contributed by atoms with E-state index in [0.717, 1.165) is 12.8 Å². The fourth-order valence-electron chi connectivity index (χ4n) is 8.48. The minimum atomic E-state index is -2.49. The molecule has 2 aliphatic carbocycles. The normalized spacial score (nSPS) is 12.8. The molecule has 0 atom stereocenters. The second-order valence-corrected chi connectivity index (χ2v) is 19.6. The zero-order valence-electron chi connectivity index (χ0n) is 32.2. The summed E-state index contributed by atoms with van der Waals surface area (Å²) in [5.41, 5.74) is 16.4. The Hall–Kier alpha value is -4.04. The zero-order valence-corrected chi connectivity index (χ0v) is 35.3. The average Bonchev–Trinajstić information content (AvgIpc) is 3.84. The molecule has 0 saturated carbocycles. The van der Waals surface area contributed by atoms with Crippen molar-refractivity contribution in [3.63, 3.8) is 0 Å². The van der Waals surface area contributed by atoms with E-state index >= 15 is 0 Å². The van der Waals surface area contributed by atoms with Gasteiger partial charge in [-0.05, 0) is 0 Å². The van der Waals surface area contributed by atoms with Crippen molar-refractivity contribution < 1.29 is 42.2 Å². The second-order valence-electron chi connectivity index (χ2n) is 15.9. The molecule has 6 aromatic rings. The van der Waals surface area contributed by atoms with E-state index in [9.17, 15) is 0 Å². The SMILES string of the molecule is Cc1ccc([C](c2ccc(C)cc2)=[Ti+2]([C]2=CC=CC2)[c]2c(C(C)(C)c3ccccc3)ccc3c2Cc2cc(C(C)(C)c4ccccc4)ccc2-3)cc1.[Cl-].[Cl-]. The van der Waals surface area contributed by atoms with Gasteiger partial charge in [0.15, 0.2) is 0 Å². The number of halogens is 2. The summed E-state index contributed by atoms with van der Waals surface area (Å²) in [6.07, 6.45) is 9.14. The molecule has 0 aliphatic heterocycles. The number of allylic oxidation sites excluding steroid dienone is 4. The quantitative estimate of drug-likeness (QED) is 0.169. The average molecular weight is 780 g/mol. The molecule has 270 valence electrons. The van der Waals surface area contributed by atoms with E-state index in [0.29, 0.717) is 0 Å². The van der Waals surface area contributed by atoms with Gasteiger partial charge in [-0.3, -0.25) is 0 Å². The van der Waals surface area contributed by atoms with E-state index in [1.165, 1.54) is 61.2 Å². The van der Waals surface area contributed by atoms with E-state index in [-0.39, 0.29) is 35.6 Å². The van der Waals surface area contributed by atoms with Crippen molar-refractivity contribution in [1.82, 2.24) is 0 Å². The molecule has 54 heavy (non-hydrogen) atoms. The third kappa shape index (κ3) is 7.23. The van der Waals surface area contributed by atoms with Crippen molar-refractivity contribution in [1.29, 1.82) is 0 Å². The van der Waals surface area contributed by atoms with Crippen LogP contribution in [-0.4, -0.2) is 3.81 Å². The number of hydrogen-bond acceptors (Lipinski definition) is 0. The van der Waals surface area contributed by atoms with Gasteiger partial charge in [0.1, 0.15) is 0 Å². The van der Waals surface area contributed by atoms with Crippen LogP contribution < -0.4 is 28.7 Å². The number of benzene rings is 6. The molecule has 0 fully saturated rings. The van der Waals surface area contributed by atoms with Gasteiger partial charge in [-0.1, -0.05) is 0 Å². The van der Waals surface area contributed by atoms with Crippen molar-refractivity contribution in [3.8, 4) is 11.1 Å². The minimum absolute atomic E-state index is 0. The van der Waals surface area contributed by atoms with Gasteiger partial charge < -0.3 is 24.8 Å². The Morgan fingerprint density at radius 2 is 1.09 bits per heavy atom. The molecule has 0 unspecified atom stereocenters. The van der Waals surface area contributed by atoms with E-state index in [1.807, 2.05) is 0 Å². The second kappa shape index (κ2) is 16.0. The summed E-state index contributed by atoms with van der Waals surface area (Å²) in [5.74, 6) is 0. The summed E-state index contributed by atoms with van der Waals surface area (Å²) >= 11 is -2.49. The van der Waals surface area contributed by atoms with Crippen LogP contribution in [0.4, 0.5) is 0 Å². The Bertz CT molecular complexity index is 2330. The Balaban J connectivity index is 0.00000249. The van der Waals surface area contributed by atoms with E-state index in [1.54, 1.807) is 17.1 Å². The third-order valence-corrected chi connectivity index (χ3v) is 16.7. The maximum Gasteiger partial charge on any atom is -1.00 e. The molecule has 0 aromatic heterocycles. The van der Waals surface area contributed by atoms with Crippen molar-refractivity contribution in [3.05, 3.63) is 217 Å². The van der Waals surface area contributed by atoms with Crippen LogP contribution in [-0.2, 0) is 34.7 Å². The molecule has 0 spiro atoms. The van der Waals surface area contributed by atoms with Crippen LogP contribution in [0.3, 0.4) is 0 Å². The van der Waals surface area contributed by atoms with Gasteiger partial charge >= 0.3 is 319 Å². The molecule has 2 aliphatic rings. The van der Waals surface area contributed by atoms with Crippen molar-refractivity contribution in [2.45, 2.75) is 65.2 Å². The van der Waals surface area contributed by atoms with Crippen LogP contribution in [0.1, 0.15) is 89.8 Å². The van der Waals surface area contributed by atoms with Gasteiger partial charge in [0.25, 0.3) is 0 Å². The standard InChI is InChI=1S/C31H29.C15H14.C5H5.2ClH.Ti/c1-30(2,24-11-7-5-8-12-24)26-15-17-28-22(20-26)19-23-21-27(16-18-29(23)28)31(3,4)25-13-9-6-10-14-25;1-12-3-7-14(8-4-12)11-15-9-5-13(2)6-10-15;1-2-4-5-3-1;;;/h5-18,20H,19H2,1-4H3;3-10H,1-2H3;1-3H,4H2;2*1H;/q;;;;;+2/p-2. The third-order valence-electron chi connectivity index (χ3n) is 11.7. The van der Waals surface area contributed by atoms with Gasteiger partial charge in [-0.15, -0.1) is 0 Å². The molecule has 3 heteroatoms. The van der Waals surface area contributed by atoms with Crippen LogP contribution in [0, 0.1) is 13.8 Å². The molecule has 0 saturated heterocycles. The maximum atomic E-state index is 2.52. The number of fused-ring (bicyclic) bond motifs is 3. The van der Waals surface area contributed by atoms with Gasteiger partial charge in [0, 0.05) is 0 Å². The van der Waals surface area contributed by atoms with Crippen LogP contribution >= 0.6 is 0 Å². The number of aryl methyl sites for hydroxylation is 2. The Morgan fingerprint density at radius 1 is 0.556 bits per heavy atom. The molecule has 8 rings (SSSR count). The Labute approximate surface area is 341 Å². The smallest absolute Gasteiger partial charge is 1.00 e. The summed E-state index contributed by atoms with van der Waals surface area (Å²) in [7, 11) is 0. The predicted octanol–water partition coefficient (Wildman–Crippen LogP) is 5.89. The van der Waals surface area contributed by atoms with Crippen molar-refractivity contribution >= 4 is 7.68 Å². The topological polar surface area (TPSA) is 0 Å². The van der Waals surface area contributed by atoms with Gasteiger partial charge in [0.2, 0.25) is 0 Å². The molecular weight excluding hydrogens is 731 g/mol. The summed E-state index contributed by atoms with van der Waals surface area (Å²) < 4.78 is 4.81. The van der Waals surface area contributed by atoms with E-state index in [2.05, 4.69) is 199 Å². The van der Waals surface area contributed by atoms with E-state index < -0.39 is 17.4 Å². The molecule has 0 nitrogen and oxygen atoms in total. The van der Waals surface area contributed by atoms with Gasteiger partial charge in [-0.2, -0.15) is 0 Å². The summed E-state index contributed by atoms with van der Waals surface area (Å²) in [6.45, 7) is 14.0. The first-order chi connectivity index (χ1) is 25.1. The van der Waals surface area contributed by atoms with Gasteiger partial charge in [0.05, 0.1) is 0 Å². The molecule has 0 N–H and O–H groups in total. The monoisotopic (exact) mass is 778 g/mol. The van der Waals surface area contributed by atoms with Crippen molar-refractivity contribution in [2.75, 3.05) is 0 Å². The minimum Gasteiger partial charge on any atom is -1.00 e. The van der Waals surface area contributed by atoms with Crippen LogP contribution in [0.5, 0.6) is 0 Å². The Morgan fingerprint density at radius 3 is 1.63 bits per heavy atom. The van der Waals surface area contributed by atoms with Gasteiger partial charge in [-0.25, -0.2) is 0 Å². The molecule has 0 bridgehead atoms. The zero-order chi connectivity index (χ0) is 36.0. The molecule has 0 amide bonds. The molecule has 0 radical (unpaired) electrons. The van der Waals surface area contributed by atoms with E-state index in [4.69, 9.17) is 0 Å². The summed E-state index contributed by atoms with van der Waals surface area (Å²) in [5, 5.41) is 0. The first-order valence-electron chi connectivity index (χ1n) is 18.8. The first kappa shape index (κ1) is 39.7. The predicted molar refractivity (Wildman–Crippen MR) is 219 cm³/mol. The van der Waals surface area contributed by atoms with Crippen LogP contribution in [0.15, 0.2) is 162 Å². The molecule has 0 heterocycles. The largest absolute Gasteiger partial charge is 1.00 e. The van der Waals surface area contributed by atoms with Crippen LogP contribution in [0.2, 0.25) is 0 Å². The van der Waals surface area contributed by atoms with Crippen LogP contribution in [0.25, 0.3) is 11.1 Å². The summed E-state index contributed by atoms with van der Waals surface area (Å²) in [6, 6.07) is 53.2. The molecular formula is C51H48Cl2Ti. The maximum absolute atomic E-state index is 2.52. The first-order valence-corrected chi connectivity index (χ1v) is 21.1. The number of hydrogen-bond donors (Lipinski definition) is 0. The fraction of sp³-hybridized carbons (Fsp3) is 0.196. The summed E-state index contributed by atoms with van der Waals surface area (Å²) in [4.78, 5) is 0. The molecule has 6 aromatic carbocycles.